The van der Waals surface area contributed by atoms with E-state index in [9.17, 15) is 30.0 Å². The smallest absolute Gasteiger partial charge is 0.341 e. The summed E-state index contributed by atoms with van der Waals surface area (Å²) in [6.45, 7) is 5.33. The van der Waals surface area contributed by atoms with E-state index in [-0.39, 0.29) is 22.8 Å². The van der Waals surface area contributed by atoms with Crippen molar-refractivity contribution in [2.24, 2.45) is 11.8 Å². The van der Waals surface area contributed by atoms with Crippen molar-refractivity contribution < 1.29 is 34.8 Å². The molecule has 3 aliphatic rings. The van der Waals surface area contributed by atoms with Crippen molar-refractivity contribution in [3.8, 4) is 5.75 Å². The number of fused-ring (bicyclic) bond motifs is 3. The van der Waals surface area contributed by atoms with E-state index >= 15 is 0 Å². The number of aliphatic hydroxyl groups excluding tert-OH is 1. The van der Waals surface area contributed by atoms with Gasteiger partial charge in [-0.1, -0.05) is 29.8 Å². The number of hydrogen-bond donors (Lipinski definition) is 4. The van der Waals surface area contributed by atoms with Crippen LogP contribution in [0, 0.1) is 11.8 Å². The summed E-state index contributed by atoms with van der Waals surface area (Å²) in [5.74, 6) is -2.27. The molecule has 1 aliphatic heterocycles. The maximum Gasteiger partial charge on any atom is 0.341 e. The number of halogens is 1. The number of nitrogens with zero attached hydrogens (tertiary/aromatic N) is 1. The van der Waals surface area contributed by atoms with Crippen LogP contribution in [-0.4, -0.2) is 58.2 Å². The van der Waals surface area contributed by atoms with E-state index < -0.39 is 30.1 Å². The summed E-state index contributed by atoms with van der Waals surface area (Å²) in [5, 5.41) is 41.3. The van der Waals surface area contributed by atoms with Crippen LogP contribution in [0.4, 0.5) is 5.69 Å². The van der Waals surface area contributed by atoms with Gasteiger partial charge in [0.1, 0.15) is 5.75 Å². The highest BCUT2D eigenvalue weighted by Crippen LogP contribution is 2.47. The number of rotatable bonds is 8. The van der Waals surface area contributed by atoms with Crippen LogP contribution >= 0.6 is 11.6 Å². The fourth-order valence-electron chi connectivity index (χ4n) is 6.62. The molecular formula is C30H34ClNO7. The molecule has 0 amide bonds. The third-order valence-electron chi connectivity index (χ3n) is 8.89. The van der Waals surface area contributed by atoms with Crippen molar-refractivity contribution in [3.63, 3.8) is 0 Å². The summed E-state index contributed by atoms with van der Waals surface area (Å²) in [5.41, 5.74) is 0.0114. The number of aliphatic hydroxyl groups is 2. The van der Waals surface area contributed by atoms with Gasteiger partial charge in [-0.3, -0.25) is 4.79 Å². The van der Waals surface area contributed by atoms with Crippen molar-refractivity contribution in [3.05, 3.63) is 70.8 Å². The third kappa shape index (κ3) is 5.01. The number of hydrogen-bond acceptors (Lipinski definition) is 6. The molecule has 4 N–H and O–H groups in total. The molecule has 0 radical (unpaired) electrons. The minimum absolute atomic E-state index is 0.0205. The average Bonchev–Trinajstić information content (AvgIpc) is 3.03. The largest absolute Gasteiger partial charge is 0.490 e. The van der Waals surface area contributed by atoms with Gasteiger partial charge in [-0.25, -0.2) is 4.79 Å². The van der Waals surface area contributed by atoms with E-state index in [0.29, 0.717) is 36.2 Å². The van der Waals surface area contributed by atoms with Gasteiger partial charge in [-0.2, -0.15) is 0 Å². The van der Waals surface area contributed by atoms with Crippen LogP contribution in [0.5, 0.6) is 5.75 Å². The van der Waals surface area contributed by atoms with E-state index in [1.165, 1.54) is 17.2 Å². The molecule has 4 unspecified atom stereocenters. The Balaban J connectivity index is 1.58. The molecule has 8 nitrogen and oxygen atoms in total. The van der Waals surface area contributed by atoms with Crippen LogP contribution in [0.25, 0.3) is 0 Å². The average molecular weight is 556 g/mol. The lowest BCUT2D eigenvalue weighted by Gasteiger charge is -2.45. The second kappa shape index (κ2) is 10.5. The molecule has 0 bridgehead atoms. The van der Waals surface area contributed by atoms with Gasteiger partial charge in [0.2, 0.25) is 0 Å². The Kier molecular flexibility index (Phi) is 7.39. The second-order valence-electron chi connectivity index (χ2n) is 11.3. The predicted octanol–water partition coefficient (Wildman–Crippen LogP) is 4.13. The van der Waals surface area contributed by atoms with Gasteiger partial charge in [-0.05, 0) is 84.9 Å². The summed E-state index contributed by atoms with van der Waals surface area (Å²) >= 11 is 6.33. The molecule has 1 heterocycles. The molecule has 5 rings (SSSR count). The Morgan fingerprint density at radius 2 is 2.03 bits per heavy atom. The Morgan fingerprint density at radius 1 is 1.23 bits per heavy atom. The zero-order valence-corrected chi connectivity index (χ0v) is 22.4. The van der Waals surface area contributed by atoms with Crippen molar-refractivity contribution in [2.75, 3.05) is 24.6 Å². The first kappa shape index (κ1) is 27.5. The molecule has 0 aromatic heterocycles. The molecule has 2 aromatic rings. The lowest BCUT2D eigenvalue weighted by atomic mass is 9.68. The number of ether oxygens (including phenoxy) is 1. The first-order valence-electron chi connectivity index (χ1n) is 13.4. The van der Waals surface area contributed by atoms with E-state index in [4.69, 9.17) is 16.3 Å². The fourth-order valence-corrected chi connectivity index (χ4v) is 6.81. The van der Waals surface area contributed by atoms with Crippen LogP contribution < -0.4 is 9.64 Å². The van der Waals surface area contributed by atoms with E-state index in [1.807, 2.05) is 12.1 Å². The summed E-state index contributed by atoms with van der Waals surface area (Å²) in [6.07, 6.45) is 4.57. The molecular weight excluding hydrogens is 522 g/mol. The summed E-state index contributed by atoms with van der Waals surface area (Å²) in [7, 11) is 0. The monoisotopic (exact) mass is 555 g/mol. The van der Waals surface area contributed by atoms with Gasteiger partial charge >= 0.3 is 11.9 Å². The molecule has 1 fully saturated rings. The van der Waals surface area contributed by atoms with Gasteiger partial charge in [0.15, 0.2) is 5.60 Å². The lowest BCUT2D eigenvalue weighted by Crippen LogP contribution is -2.49. The lowest BCUT2D eigenvalue weighted by molar-refractivity contribution is -0.166. The van der Waals surface area contributed by atoms with Crippen molar-refractivity contribution >= 4 is 29.2 Å². The number of aliphatic carboxylic acids is 2. The van der Waals surface area contributed by atoms with E-state index in [1.54, 1.807) is 18.2 Å². The zero-order chi connectivity index (χ0) is 27.9. The van der Waals surface area contributed by atoms with E-state index in [2.05, 4.69) is 17.5 Å². The van der Waals surface area contributed by atoms with Crippen LogP contribution in [0.2, 0.25) is 5.02 Å². The van der Waals surface area contributed by atoms with Crippen molar-refractivity contribution in [2.45, 2.75) is 55.6 Å². The molecule has 2 aromatic carbocycles. The molecule has 39 heavy (non-hydrogen) atoms. The first-order valence-corrected chi connectivity index (χ1v) is 13.7. The van der Waals surface area contributed by atoms with E-state index in [0.717, 1.165) is 32.1 Å². The normalized spacial score (nSPS) is 26.2. The maximum atomic E-state index is 12.1. The number of aryl methyl sites for hydroxylation is 1. The number of carboxylic acid groups (broad SMARTS) is 2. The SMILES string of the molecule is C=C[C@H](O)C1CCC1CN1CC2(CCCc3cc(Cl)ccc32)COc2ccc(C(O)(CC(=O)O)C(=O)O)cc21. The maximum absolute atomic E-state index is 12.1. The molecule has 1 saturated carbocycles. The van der Waals surface area contributed by atoms with Crippen molar-refractivity contribution in [1.29, 1.82) is 0 Å². The zero-order valence-electron chi connectivity index (χ0n) is 21.7. The topological polar surface area (TPSA) is 128 Å². The number of carboxylic acids is 2. The molecule has 5 atom stereocenters. The van der Waals surface area contributed by atoms with Crippen molar-refractivity contribution in [1.82, 2.24) is 0 Å². The summed E-state index contributed by atoms with van der Waals surface area (Å²) < 4.78 is 6.41. The highest BCUT2D eigenvalue weighted by atomic mass is 35.5. The molecule has 208 valence electrons. The summed E-state index contributed by atoms with van der Waals surface area (Å²) in [4.78, 5) is 25.7. The van der Waals surface area contributed by atoms with Crippen LogP contribution in [0.3, 0.4) is 0 Å². The first-order chi connectivity index (χ1) is 18.6. The summed E-state index contributed by atoms with van der Waals surface area (Å²) in [6, 6.07) is 10.6. The van der Waals surface area contributed by atoms with Gasteiger partial charge in [0.05, 0.1) is 24.8 Å². The Hall–Kier alpha value is -3.07. The fraction of sp³-hybridized carbons (Fsp3) is 0.467. The minimum Gasteiger partial charge on any atom is -0.490 e. The number of benzene rings is 2. The van der Waals surface area contributed by atoms with Gasteiger partial charge in [0, 0.05) is 23.5 Å². The number of carbonyl (C=O) groups is 2. The Bertz CT molecular complexity index is 1300. The molecule has 0 saturated heterocycles. The molecule has 2 aliphatic carbocycles. The highest BCUT2D eigenvalue weighted by Gasteiger charge is 2.46. The van der Waals surface area contributed by atoms with Gasteiger partial charge in [-0.15, -0.1) is 6.58 Å². The molecule has 1 spiro atoms. The van der Waals surface area contributed by atoms with Gasteiger partial charge in [0.25, 0.3) is 0 Å². The quantitative estimate of drug-likeness (QED) is 0.358. The third-order valence-corrected chi connectivity index (χ3v) is 9.12. The second-order valence-corrected chi connectivity index (χ2v) is 11.7. The van der Waals surface area contributed by atoms with Crippen LogP contribution in [0.15, 0.2) is 49.1 Å². The molecule has 9 heteroatoms. The van der Waals surface area contributed by atoms with Gasteiger partial charge < -0.3 is 30.1 Å². The predicted molar refractivity (Wildman–Crippen MR) is 146 cm³/mol. The minimum atomic E-state index is -2.59. The standard InChI is InChI=1S/C30H34ClNO7/c1-2-25(33)22-8-5-19(22)15-32-16-29(11-3-4-18-12-21(31)7-9-23(18)29)17-39-26-10-6-20(13-24(26)32)30(38,28(36)37)14-27(34)35/h2,6-7,9-10,12-13,19,22,25,33,38H,1,3-5,8,11,14-17H2,(H,34,35)(H,36,37)/t19?,22?,25-,29?,30?/m0/s1. The van der Waals surface area contributed by atoms with Crippen LogP contribution in [-0.2, 0) is 27.0 Å². The number of anilines is 1. The highest BCUT2D eigenvalue weighted by molar-refractivity contribution is 6.30. The van der Waals surface area contributed by atoms with Crippen LogP contribution in [0.1, 0.15) is 48.8 Å². The Labute approximate surface area is 232 Å². The Morgan fingerprint density at radius 3 is 2.69 bits per heavy atom.